The Hall–Kier alpha value is -3.23. The molecule has 6 nitrogen and oxygen atoms in total. The van der Waals surface area contributed by atoms with Crippen molar-refractivity contribution in [3.63, 3.8) is 0 Å². The van der Waals surface area contributed by atoms with Crippen molar-refractivity contribution >= 4 is 48.5 Å². The Labute approximate surface area is 178 Å². The normalized spacial score (nSPS) is 11.9. The Morgan fingerprint density at radius 3 is 2.63 bits per heavy atom. The van der Waals surface area contributed by atoms with E-state index in [1.54, 1.807) is 36.6 Å². The third kappa shape index (κ3) is 4.50. The molecule has 1 amide bonds. The second kappa shape index (κ2) is 8.25. The van der Waals surface area contributed by atoms with E-state index in [0.717, 1.165) is 11.8 Å². The van der Waals surface area contributed by atoms with Crippen LogP contribution in [-0.4, -0.2) is 25.6 Å². The van der Waals surface area contributed by atoms with E-state index in [4.69, 9.17) is 4.42 Å². The van der Waals surface area contributed by atoms with Crippen LogP contribution in [0.4, 0.5) is 5.13 Å². The maximum absolute atomic E-state index is 13.0. The average molecular weight is 439 g/mol. The summed E-state index contributed by atoms with van der Waals surface area (Å²) in [6.07, 6.45) is 5.95. The maximum atomic E-state index is 13.0. The lowest BCUT2D eigenvalue weighted by Crippen LogP contribution is -2.28. The van der Waals surface area contributed by atoms with E-state index in [9.17, 15) is 13.2 Å². The van der Waals surface area contributed by atoms with Gasteiger partial charge in [0.15, 0.2) is 15.0 Å². The number of anilines is 1. The number of benzene rings is 2. The van der Waals surface area contributed by atoms with E-state index in [0.29, 0.717) is 21.1 Å². The van der Waals surface area contributed by atoms with Gasteiger partial charge in [0.2, 0.25) is 0 Å². The van der Waals surface area contributed by atoms with Crippen LogP contribution in [-0.2, 0) is 21.2 Å². The number of carbonyl (C=O) groups is 1. The van der Waals surface area contributed by atoms with Gasteiger partial charge < -0.3 is 4.42 Å². The minimum Gasteiger partial charge on any atom is -0.467 e. The van der Waals surface area contributed by atoms with Gasteiger partial charge in [-0.25, -0.2) is 13.4 Å². The molecule has 0 unspecified atom stereocenters. The van der Waals surface area contributed by atoms with Crippen LogP contribution < -0.4 is 4.90 Å². The van der Waals surface area contributed by atoms with Gasteiger partial charge in [-0.15, -0.1) is 0 Å². The fraction of sp³-hybridized carbons (Fsp3) is 0.0909. The number of sulfone groups is 1. The number of thiazole rings is 1. The molecule has 0 atom stereocenters. The number of amides is 1. The van der Waals surface area contributed by atoms with Crippen LogP contribution in [0.1, 0.15) is 11.3 Å². The Kier molecular flexibility index (Phi) is 5.52. The van der Waals surface area contributed by atoms with Crippen molar-refractivity contribution < 1.29 is 17.6 Å². The predicted octanol–water partition coefficient (Wildman–Crippen LogP) is 4.54. The highest BCUT2D eigenvalue weighted by molar-refractivity contribution is 7.90. The van der Waals surface area contributed by atoms with Crippen molar-refractivity contribution in [2.24, 2.45) is 0 Å². The largest absolute Gasteiger partial charge is 0.467 e. The van der Waals surface area contributed by atoms with Crippen LogP contribution in [0, 0.1) is 0 Å². The van der Waals surface area contributed by atoms with E-state index in [2.05, 4.69) is 4.98 Å². The Bertz CT molecular complexity index is 1310. The first-order valence-electron chi connectivity index (χ1n) is 9.08. The summed E-state index contributed by atoms with van der Waals surface area (Å²) < 4.78 is 29.8. The van der Waals surface area contributed by atoms with Crippen molar-refractivity contribution in [2.45, 2.75) is 11.4 Å². The van der Waals surface area contributed by atoms with Crippen LogP contribution in [0.25, 0.3) is 16.3 Å². The Balaban J connectivity index is 1.70. The van der Waals surface area contributed by atoms with Crippen molar-refractivity contribution in [2.75, 3.05) is 11.2 Å². The number of aromatic nitrogens is 1. The van der Waals surface area contributed by atoms with Crippen LogP contribution in [0.15, 0.2) is 82.3 Å². The highest BCUT2D eigenvalue weighted by atomic mass is 32.2. The van der Waals surface area contributed by atoms with Crippen molar-refractivity contribution in [3.05, 3.63) is 84.3 Å². The van der Waals surface area contributed by atoms with Crippen LogP contribution in [0.5, 0.6) is 0 Å². The Morgan fingerprint density at radius 2 is 1.93 bits per heavy atom. The molecule has 4 aromatic rings. The van der Waals surface area contributed by atoms with Gasteiger partial charge in [0, 0.05) is 12.3 Å². The Morgan fingerprint density at radius 1 is 1.13 bits per heavy atom. The summed E-state index contributed by atoms with van der Waals surface area (Å²) in [5.74, 6) is 0.366. The van der Waals surface area contributed by atoms with Gasteiger partial charge in [-0.2, -0.15) is 0 Å². The number of furan rings is 1. The zero-order valence-electron chi connectivity index (χ0n) is 16.1. The average Bonchev–Trinajstić information content (AvgIpc) is 3.39. The first-order chi connectivity index (χ1) is 14.4. The molecule has 30 heavy (non-hydrogen) atoms. The van der Waals surface area contributed by atoms with Gasteiger partial charge >= 0.3 is 0 Å². The lowest BCUT2D eigenvalue weighted by atomic mass is 10.2. The molecular formula is C22H18N2O4S2. The second-order valence-electron chi connectivity index (χ2n) is 6.65. The summed E-state index contributed by atoms with van der Waals surface area (Å²) in [6, 6.07) is 17.8. The number of nitrogens with zero attached hydrogens (tertiary/aromatic N) is 2. The summed E-state index contributed by atoms with van der Waals surface area (Å²) in [5.41, 5.74) is 1.54. The van der Waals surface area contributed by atoms with Crippen molar-refractivity contribution in [1.29, 1.82) is 0 Å². The molecule has 0 aliphatic rings. The van der Waals surface area contributed by atoms with E-state index >= 15 is 0 Å². The molecule has 0 spiro atoms. The summed E-state index contributed by atoms with van der Waals surface area (Å²) in [6.45, 7) is 0.212. The van der Waals surface area contributed by atoms with Crippen LogP contribution in [0.3, 0.4) is 0 Å². The quantitative estimate of drug-likeness (QED) is 0.413. The summed E-state index contributed by atoms with van der Waals surface area (Å²) in [7, 11) is -3.33. The van der Waals surface area contributed by atoms with Crippen LogP contribution in [0.2, 0.25) is 0 Å². The summed E-state index contributed by atoms with van der Waals surface area (Å²) in [5, 5.41) is 0.467. The molecule has 4 rings (SSSR count). The third-order valence-electron chi connectivity index (χ3n) is 4.39. The SMILES string of the molecule is CS(=O)(=O)c1ccc2nc(N(Cc3ccco3)C(=O)/C=C/c3ccccc3)sc2c1. The monoisotopic (exact) mass is 438 g/mol. The molecule has 0 aliphatic carbocycles. The lowest BCUT2D eigenvalue weighted by Gasteiger charge is -2.16. The molecule has 0 saturated heterocycles. The third-order valence-corrected chi connectivity index (χ3v) is 6.54. The zero-order valence-corrected chi connectivity index (χ0v) is 17.7. The van der Waals surface area contributed by atoms with E-state index in [-0.39, 0.29) is 17.3 Å². The van der Waals surface area contributed by atoms with Crippen molar-refractivity contribution in [3.8, 4) is 0 Å². The molecule has 0 N–H and O–H groups in total. The number of carbonyl (C=O) groups excluding carboxylic acids is 1. The molecule has 0 saturated carbocycles. The molecular weight excluding hydrogens is 420 g/mol. The van der Waals surface area contributed by atoms with Crippen LogP contribution >= 0.6 is 11.3 Å². The highest BCUT2D eigenvalue weighted by Crippen LogP contribution is 2.31. The lowest BCUT2D eigenvalue weighted by molar-refractivity contribution is -0.114. The predicted molar refractivity (Wildman–Crippen MR) is 118 cm³/mol. The zero-order chi connectivity index (χ0) is 21.1. The molecule has 0 bridgehead atoms. The molecule has 0 radical (unpaired) electrons. The number of hydrogen-bond acceptors (Lipinski definition) is 6. The minimum atomic E-state index is -3.33. The highest BCUT2D eigenvalue weighted by Gasteiger charge is 2.20. The van der Waals surface area contributed by atoms with Crippen molar-refractivity contribution in [1.82, 2.24) is 4.98 Å². The number of rotatable bonds is 6. The van der Waals surface area contributed by atoms with E-state index in [1.807, 2.05) is 30.3 Å². The molecule has 0 aliphatic heterocycles. The first-order valence-corrected chi connectivity index (χ1v) is 11.8. The molecule has 152 valence electrons. The topological polar surface area (TPSA) is 80.5 Å². The molecule has 2 aromatic heterocycles. The van der Waals surface area contributed by atoms with E-state index < -0.39 is 9.84 Å². The van der Waals surface area contributed by atoms with E-state index in [1.165, 1.54) is 28.4 Å². The molecule has 2 aromatic carbocycles. The second-order valence-corrected chi connectivity index (χ2v) is 9.67. The fourth-order valence-electron chi connectivity index (χ4n) is 2.86. The van der Waals surface area contributed by atoms with Gasteiger partial charge in [0.1, 0.15) is 5.76 Å². The van der Waals surface area contributed by atoms with Gasteiger partial charge in [-0.1, -0.05) is 41.7 Å². The summed E-state index contributed by atoms with van der Waals surface area (Å²) >= 11 is 1.26. The summed E-state index contributed by atoms with van der Waals surface area (Å²) in [4.78, 5) is 19.3. The molecule has 2 heterocycles. The molecule has 0 fully saturated rings. The van der Waals surface area contributed by atoms with Gasteiger partial charge in [0.05, 0.1) is 27.9 Å². The van der Waals surface area contributed by atoms with Gasteiger partial charge in [-0.05, 0) is 42.0 Å². The van der Waals surface area contributed by atoms with Gasteiger partial charge in [-0.3, -0.25) is 9.69 Å². The standard InChI is InChI=1S/C22H18N2O4S2/c1-30(26,27)18-10-11-19-20(14-18)29-22(23-19)24(15-17-8-5-13-28-17)21(25)12-9-16-6-3-2-4-7-16/h2-14H,15H2,1H3/b12-9+. The minimum absolute atomic E-state index is 0.212. The number of fused-ring (bicyclic) bond motifs is 1. The van der Waals surface area contributed by atoms with Gasteiger partial charge in [0.25, 0.3) is 5.91 Å². The fourth-order valence-corrected chi connectivity index (χ4v) is 4.59. The number of hydrogen-bond donors (Lipinski definition) is 0. The first kappa shape index (κ1) is 20.1. The maximum Gasteiger partial charge on any atom is 0.253 e. The smallest absolute Gasteiger partial charge is 0.253 e. The molecule has 8 heteroatoms.